The van der Waals surface area contributed by atoms with Crippen molar-refractivity contribution in [3.05, 3.63) is 28.8 Å². The number of anilines is 1. The molecule has 0 saturated carbocycles. The van der Waals surface area contributed by atoms with E-state index in [4.69, 9.17) is 16.3 Å². The van der Waals surface area contributed by atoms with Crippen LogP contribution in [-0.4, -0.2) is 42.1 Å². The van der Waals surface area contributed by atoms with Gasteiger partial charge in [-0.15, -0.1) is 0 Å². The van der Waals surface area contributed by atoms with Crippen LogP contribution in [0.4, 0.5) is 5.69 Å². The van der Waals surface area contributed by atoms with Gasteiger partial charge in [0.2, 0.25) is 0 Å². The summed E-state index contributed by atoms with van der Waals surface area (Å²) in [5.74, 6) is 0. The summed E-state index contributed by atoms with van der Waals surface area (Å²) < 4.78 is 5.60. The number of hydrogen-bond donors (Lipinski definition) is 2. The van der Waals surface area contributed by atoms with Gasteiger partial charge >= 0.3 is 0 Å². The van der Waals surface area contributed by atoms with Gasteiger partial charge in [-0.2, -0.15) is 0 Å². The zero-order valence-corrected chi connectivity index (χ0v) is 11.1. The number of aliphatic hydroxyl groups is 2. The fourth-order valence-corrected chi connectivity index (χ4v) is 2.68. The van der Waals surface area contributed by atoms with E-state index in [1.54, 1.807) is 0 Å². The Balaban J connectivity index is 2.30. The SMILES string of the molecule is CC1CN(c2c(Cl)cccc2CO)CC(CO)O1. The lowest BCUT2D eigenvalue weighted by molar-refractivity contribution is -0.0421. The molecule has 1 fully saturated rings. The van der Waals surface area contributed by atoms with Gasteiger partial charge in [0.1, 0.15) is 0 Å². The lowest BCUT2D eigenvalue weighted by atomic mass is 10.1. The molecule has 5 heteroatoms. The van der Waals surface area contributed by atoms with Crippen LogP contribution in [0.2, 0.25) is 5.02 Å². The highest BCUT2D eigenvalue weighted by atomic mass is 35.5. The van der Waals surface area contributed by atoms with Crippen molar-refractivity contribution in [3.8, 4) is 0 Å². The summed E-state index contributed by atoms with van der Waals surface area (Å²) >= 11 is 6.22. The summed E-state index contributed by atoms with van der Waals surface area (Å²) in [7, 11) is 0. The maximum absolute atomic E-state index is 9.40. The Hall–Kier alpha value is -0.810. The van der Waals surface area contributed by atoms with Gasteiger partial charge < -0.3 is 19.8 Å². The average Bonchev–Trinajstić information content (AvgIpc) is 2.37. The van der Waals surface area contributed by atoms with Crippen molar-refractivity contribution in [1.82, 2.24) is 0 Å². The first kappa shape index (κ1) is 13.6. The average molecular weight is 272 g/mol. The highest BCUT2D eigenvalue weighted by molar-refractivity contribution is 6.33. The maximum Gasteiger partial charge on any atom is 0.0984 e. The predicted molar refractivity (Wildman–Crippen MR) is 71.0 cm³/mol. The monoisotopic (exact) mass is 271 g/mol. The number of para-hydroxylation sites is 1. The van der Waals surface area contributed by atoms with Gasteiger partial charge in [0, 0.05) is 18.7 Å². The quantitative estimate of drug-likeness (QED) is 0.873. The summed E-state index contributed by atoms with van der Waals surface area (Å²) in [6, 6.07) is 5.49. The third-order valence-corrected chi connectivity index (χ3v) is 3.39. The van der Waals surface area contributed by atoms with Crippen LogP contribution in [0.1, 0.15) is 12.5 Å². The van der Waals surface area contributed by atoms with Crippen molar-refractivity contribution in [2.75, 3.05) is 24.6 Å². The number of rotatable bonds is 3. The maximum atomic E-state index is 9.40. The van der Waals surface area contributed by atoms with E-state index >= 15 is 0 Å². The zero-order valence-electron chi connectivity index (χ0n) is 10.3. The van der Waals surface area contributed by atoms with Gasteiger partial charge in [0.25, 0.3) is 0 Å². The van der Waals surface area contributed by atoms with Gasteiger partial charge in [0.15, 0.2) is 0 Å². The number of morpholine rings is 1. The molecule has 0 aromatic heterocycles. The molecule has 1 heterocycles. The molecule has 0 amide bonds. The second kappa shape index (κ2) is 5.89. The van der Waals surface area contributed by atoms with Crippen LogP contribution in [-0.2, 0) is 11.3 Å². The first-order valence-corrected chi connectivity index (χ1v) is 6.43. The molecule has 2 atom stereocenters. The Morgan fingerprint density at radius 3 is 2.83 bits per heavy atom. The highest BCUT2D eigenvalue weighted by Gasteiger charge is 2.27. The van der Waals surface area contributed by atoms with Crippen molar-refractivity contribution >= 4 is 17.3 Å². The lowest BCUT2D eigenvalue weighted by Gasteiger charge is -2.38. The molecule has 0 aliphatic carbocycles. The fraction of sp³-hybridized carbons (Fsp3) is 0.538. The minimum Gasteiger partial charge on any atom is -0.394 e. The second-order valence-electron chi connectivity index (χ2n) is 4.56. The van der Waals surface area contributed by atoms with Crippen LogP contribution in [0, 0.1) is 0 Å². The number of ether oxygens (including phenoxy) is 1. The standard InChI is InChI=1S/C13H18ClNO3/c1-9-5-15(6-11(8-17)18-9)13-10(7-16)3-2-4-12(13)14/h2-4,9,11,16-17H,5-8H2,1H3. The first-order valence-electron chi connectivity index (χ1n) is 6.05. The molecule has 2 N–H and O–H groups in total. The molecular weight excluding hydrogens is 254 g/mol. The molecule has 100 valence electrons. The molecule has 18 heavy (non-hydrogen) atoms. The Labute approximate surface area is 112 Å². The molecule has 1 aliphatic heterocycles. The third kappa shape index (κ3) is 2.78. The molecule has 0 spiro atoms. The number of benzene rings is 1. The molecule has 0 radical (unpaired) electrons. The Morgan fingerprint density at radius 1 is 1.39 bits per heavy atom. The van der Waals surface area contributed by atoms with Crippen LogP contribution in [0.25, 0.3) is 0 Å². The first-order chi connectivity index (χ1) is 8.65. The second-order valence-corrected chi connectivity index (χ2v) is 4.97. The molecule has 4 nitrogen and oxygen atoms in total. The van der Waals surface area contributed by atoms with E-state index in [0.717, 1.165) is 11.3 Å². The fourth-order valence-electron chi connectivity index (χ4n) is 2.37. The molecule has 1 aliphatic rings. The molecular formula is C13H18ClNO3. The van der Waals surface area contributed by atoms with E-state index in [1.807, 2.05) is 25.1 Å². The topological polar surface area (TPSA) is 52.9 Å². The molecule has 2 rings (SSSR count). The predicted octanol–water partition coefficient (Wildman–Crippen LogP) is 1.42. The van der Waals surface area contributed by atoms with E-state index < -0.39 is 0 Å². The minimum atomic E-state index is -0.212. The largest absolute Gasteiger partial charge is 0.394 e. The van der Waals surface area contributed by atoms with Crippen molar-refractivity contribution in [1.29, 1.82) is 0 Å². The van der Waals surface area contributed by atoms with Gasteiger partial charge in [-0.25, -0.2) is 0 Å². The highest BCUT2D eigenvalue weighted by Crippen LogP contribution is 2.32. The normalized spacial score (nSPS) is 24.3. The lowest BCUT2D eigenvalue weighted by Crippen LogP contribution is -2.48. The number of aliphatic hydroxyl groups excluding tert-OH is 2. The molecule has 2 unspecified atom stereocenters. The molecule has 1 aromatic rings. The summed E-state index contributed by atoms with van der Waals surface area (Å²) in [6.45, 7) is 3.18. The minimum absolute atomic E-state index is 0.0141. The van der Waals surface area contributed by atoms with E-state index in [1.165, 1.54) is 0 Å². The Morgan fingerprint density at radius 2 is 2.17 bits per heavy atom. The molecule has 1 saturated heterocycles. The zero-order chi connectivity index (χ0) is 13.1. The number of halogens is 1. The van der Waals surface area contributed by atoms with Gasteiger partial charge in [0.05, 0.1) is 36.1 Å². The van der Waals surface area contributed by atoms with Crippen LogP contribution in [0.15, 0.2) is 18.2 Å². The molecule has 0 bridgehead atoms. The number of hydrogen-bond acceptors (Lipinski definition) is 4. The van der Waals surface area contributed by atoms with Crippen LogP contribution in [0.3, 0.4) is 0 Å². The van der Waals surface area contributed by atoms with Crippen molar-refractivity contribution in [2.45, 2.75) is 25.7 Å². The van der Waals surface area contributed by atoms with Crippen molar-refractivity contribution in [3.63, 3.8) is 0 Å². The van der Waals surface area contributed by atoms with Crippen LogP contribution < -0.4 is 4.90 Å². The Bertz CT molecular complexity index is 413. The van der Waals surface area contributed by atoms with E-state index in [0.29, 0.717) is 18.1 Å². The van der Waals surface area contributed by atoms with Gasteiger partial charge in [-0.1, -0.05) is 23.7 Å². The molecule has 1 aromatic carbocycles. The smallest absolute Gasteiger partial charge is 0.0984 e. The van der Waals surface area contributed by atoms with Crippen LogP contribution >= 0.6 is 11.6 Å². The van der Waals surface area contributed by atoms with Crippen molar-refractivity contribution in [2.24, 2.45) is 0 Å². The summed E-state index contributed by atoms with van der Waals surface area (Å²) in [5.41, 5.74) is 1.64. The van der Waals surface area contributed by atoms with E-state index in [2.05, 4.69) is 4.90 Å². The summed E-state index contributed by atoms with van der Waals surface area (Å²) in [4.78, 5) is 2.07. The van der Waals surface area contributed by atoms with E-state index in [-0.39, 0.29) is 25.4 Å². The van der Waals surface area contributed by atoms with Crippen molar-refractivity contribution < 1.29 is 14.9 Å². The number of nitrogens with zero attached hydrogens (tertiary/aromatic N) is 1. The van der Waals surface area contributed by atoms with Gasteiger partial charge in [-0.3, -0.25) is 0 Å². The summed E-state index contributed by atoms with van der Waals surface area (Å²) in [5, 5.41) is 19.2. The van der Waals surface area contributed by atoms with Gasteiger partial charge in [-0.05, 0) is 13.0 Å². The van der Waals surface area contributed by atoms with Crippen LogP contribution in [0.5, 0.6) is 0 Å². The van der Waals surface area contributed by atoms with E-state index in [9.17, 15) is 10.2 Å². The third-order valence-electron chi connectivity index (χ3n) is 3.09. The summed E-state index contributed by atoms with van der Waals surface area (Å²) in [6.07, 6.45) is -0.185. The Kier molecular flexibility index (Phi) is 4.45.